The molecule has 6 rings (SSSR count). The lowest BCUT2D eigenvalue weighted by molar-refractivity contribution is -0.153. The van der Waals surface area contributed by atoms with Crippen LogP contribution in [0.1, 0.15) is 64.2 Å². The lowest BCUT2D eigenvalue weighted by Crippen LogP contribution is -2.70. The number of fused-ring (bicyclic) bond motifs is 1. The van der Waals surface area contributed by atoms with Crippen LogP contribution in [0.25, 0.3) is 0 Å². The van der Waals surface area contributed by atoms with Gasteiger partial charge in [0, 0.05) is 37.0 Å². The van der Waals surface area contributed by atoms with Gasteiger partial charge in [-0.2, -0.15) is 0 Å². The van der Waals surface area contributed by atoms with E-state index in [-0.39, 0.29) is 23.7 Å². The summed E-state index contributed by atoms with van der Waals surface area (Å²) >= 11 is 1.40. The molecule has 4 heterocycles. The molecule has 3 fully saturated rings. The smallest absolute Gasteiger partial charge is 0.409 e. The summed E-state index contributed by atoms with van der Waals surface area (Å²) in [7, 11) is 0. The van der Waals surface area contributed by atoms with Crippen LogP contribution in [0, 0.1) is 0 Å². The number of likely N-dealkylation sites (tertiary alicyclic amines) is 2. The van der Waals surface area contributed by atoms with Crippen molar-refractivity contribution in [2.45, 2.75) is 76.1 Å². The Balaban J connectivity index is 1.27. The molecule has 2 aromatic rings. The second kappa shape index (κ2) is 15.2. The Morgan fingerprint density at radius 1 is 0.961 bits per heavy atom. The van der Waals surface area contributed by atoms with Gasteiger partial charge in [0.25, 0.3) is 5.91 Å². The quantitative estimate of drug-likeness (QED) is 0.170. The number of hydrogen-bond acceptors (Lipinski definition) is 9. The first-order valence-electron chi connectivity index (χ1n) is 17.4. The molecular weight excluding hydrogens is 673 g/mol. The van der Waals surface area contributed by atoms with E-state index < -0.39 is 41.1 Å². The summed E-state index contributed by atoms with van der Waals surface area (Å²) in [5, 5.41) is 2.10. The van der Waals surface area contributed by atoms with Crippen LogP contribution < -0.4 is 5.32 Å². The molecule has 1 N–H and O–H groups in total. The molecule has 51 heavy (non-hydrogen) atoms. The number of rotatable bonds is 8. The molecular formula is C38H44N4O8S. The monoisotopic (exact) mass is 716 g/mol. The number of ether oxygens (including phenoxy) is 3. The first kappa shape index (κ1) is 36.0. The zero-order valence-electron chi connectivity index (χ0n) is 29.3. The second-order valence-electron chi connectivity index (χ2n) is 13.8. The number of amides is 4. The van der Waals surface area contributed by atoms with Crippen molar-refractivity contribution in [2.75, 3.05) is 32.0 Å². The van der Waals surface area contributed by atoms with Crippen molar-refractivity contribution in [1.29, 1.82) is 0 Å². The Bertz CT molecular complexity index is 1680. The number of carbonyl (C=O) groups excluding carboxylic acids is 5. The van der Waals surface area contributed by atoms with Crippen molar-refractivity contribution in [3.63, 3.8) is 0 Å². The number of alkyl carbamates (subject to hydrolysis) is 1. The lowest BCUT2D eigenvalue weighted by atomic mass is 10.00. The number of β-lactam (4-membered cyclic amide) rings is 1. The van der Waals surface area contributed by atoms with Crippen LogP contribution in [-0.2, 0) is 28.6 Å². The minimum absolute atomic E-state index is 0.0215. The molecule has 12 nitrogen and oxygen atoms in total. The van der Waals surface area contributed by atoms with E-state index in [2.05, 4.69) is 5.32 Å². The van der Waals surface area contributed by atoms with Gasteiger partial charge >= 0.3 is 18.2 Å². The van der Waals surface area contributed by atoms with Crippen LogP contribution >= 0.6 is 11.8 Å². The number of carbonyl (C=O) groups is 5. The largest absolute Gasteiger partial charge is 0.450 e. The molecule has 0 saturated carbocycles. The third-order valence-corrected chi connectivity index (χ3v) is 10.5. The average molecular weight is 717 g/mol. The first-order chi connectivity index (χ1) is 24.4. The molecule has 4 amide bonds. The normalized spacial score (nSPS) is 21.8. The average Bonchev–Trinajstić information content (AvgIpc) is 3.48. The molecule has 0 radical (unpaired) electrons. The van der Waals surface area contributed by atoms with Crippen molar-refractivity contribution >= 4 is 41.7 Å². The third kappa shape index (κ3) is 7.93. The highest BCUT2D eigenvalue weighted by molar-refractivity contribution is 8.00. The molecule has 0 aliphatic carbocycles. The Kier molecular flexibility index (Phi) is 10.8. The zero-order chi connectivity index (χ0) is 36.3. The third-order valence-electron chi connectivity index (χ3n) is 9.23. The maximum absolute atomic E-state index is 14.4. The van der Waals surface area contributed by atoms with E-state index in [0.29, 0.717) is 62.4 Å². The summed E-state index contributed by atoms with van der Waals surface area (Å²) in [5.41, 5.74) is 1.87. The number of piperidine rings is 1. The van der Waals surface area contributed by atoms with Crippen LogP contribution in [0.3, 0.4) is 0 Å². The fraction of sp³-hybridized carbons (Fsp3) is 0.447. The van der Waals surface area contributed by atoms with Crippen molar-refractivity contribution in [3.05, 3.63) is 94.7 Å². The number of esters is 1. The predicted octanol–water partition coefficient (Wildman–Crippen LogP) is 5.16. The van der Waals surface area contributed by atoms with Gasteiger partial charge in [0.2, 0.25) is 5.91 Å². The molecule has 2 atom stereocenters. The summed E-state index contributed by atoms with van der Waals surface area (Å²) < 4.78 is 16.8. The number of hydrogen-bond donors (Lipinski definition) is 1. The summed E-state index contributed by atoms with van der Waals surface area (Å²) in [6.45, 7) is 8.83. The Hall–Kier alpha value is -4.78. The zero-order valence-corrected chi connectivity index (χ0v) is 30.1. The van der Waals surface area contributed by atoms with Gasteiger partial charge in [0.15, 0.2) is 6.10 Å². The summed E-state index contributed by atoms with van der Waals surface area (Å²) in [5.74, 6) is -0.989. The molecule has 0 spiro atoms. The molecule has 4 aliphatic heterocycles. The summed E-state index contributed by atoms with van der Waals surface area (Å²) in [6.07, 6.45) is 1.68. The predicted molar refractivity (Wildman–Crippen MR) is 190 cm³/mol. The number of thioether (sulfide) groups is 1. The molecule has 2 aromatic carbocycles. The van der Waals surface area contributed by atoms with Gasteiger partial charge in [-0.15, -0.1) is 11.8 Å². The first-order valence-corrected chi connectivity index (χ1v) is 18.4. The number of benzene rings is 2. The van der Waals surface area contributed by atoms with Gasteiger partial charge in [0.05, 0.1) is 6.61 Å². The van der Waals surface area contributed by atoms with Crippen molar-refractivity contribution < 1.29 is 38.2 Å². The standard InChI is InChI=1S/C38H44N4O8S/c1-5-48-37(47)40-19-17-28(18-20-40)41-21-16-26(32(41)43)22-27-23-51-34-29(39-36(46)50-38(2,3)4)33(44)42(34)30(27)35(45)49-31(24-12-8-6-9-13-24)25-14-10-7-11-15-25/h6-15,22,28-29,31,34H,5,16-21,23H2,1-4H3,(H,39,46)/b26-22+/t29-,34-/m1/s1. The maximum atomic E-state index is 14.4. The topological polar surface area (TPSA) is 135 Å². The molecule has 4 aliphatic rings. The molecule has 0 unspecified atom stereocenters. The lowest BCUT2D eigenvalue weighted by Gasteiger charge is -2.49. The van der Waals surface area contributed by atoms with E-state index in [1.54, 1.807) is 38.7 Å². The maximum Gasteiger partial charge on any atom is 0.409 e. The summed E-state index contributed by atoms with van der Waals surface area (Å²) in [6, 6.07) is 17.8. The molecule has 13 heteroatoms. The highest BCUT2D eigenvalue weighted by Crippen LogP contribution is 2.43. The van der Waals surface area contributed by atoms with Crippen LogP contribution in [0.2, 0.25) is 0 Å². The van der Waals surface area contributed by atoms with Crippen LogP contribution in [-0.4, -0.2) is 99.7 Å². The summed E-state index contributed by atoms with van der Waals surface area (Å²) in [4.78, 5) is 71.6. The Morgan fingerprint density at radius 3 is 2.18 bits per heavy atom. The number of nitrogens with one attached hydrogen (secondary N) is 1. The van der Waals surface area contributed by atoms with E-state index in [4.69, 9.17) is 14.2 Å². The molecule has 0 bridgehead atoms. The van der Waals surface area contributed by atoms with E-state index in [1.807, 2.05) is 65.6 Å². The van der Waals surface area contributed by atoms with Gasteiger partial charge in [-0.3, -0.25) is 14.5 Å². The van der Waals surface area contributed by atoms with Gasteiger partial charge in [0.1, 0.15) is 22.7 Å². The van der Waals surface area contributed by atoms with E-state index in [9.17, 15) is 24.0 Å². The van der Waals surface area contributed by atoms with Gasteiger partial charge in [-0.25, -0.2) is 14.4 Å². The minimum atomic E-state index is -0.898. The van der Waals surface area contributed by atoms with E-state index >= 15 is 0 Å². The minimum Gasteiger partial charge on any atom is -0.450 e. The highest BCUT2D eigenvalue weighted by Gasteiger charge is 2.55. The number of nitrogens with zero attached hydrogens (tertiary/aromatic N) is 3. The Morgan fingerprint density at radius 2 is 1.59 bits per heavy atom. The molecule has 0 aromatic heterocycles. The van der Waals surface area contributed by atoms with Crippen LogP contribution in [0.5, 0.6) is 0 Å². The molecule has 270 valence electrons. The van der Waals surface area contributed by atoms with Crippen molar-refractivity contribution in [3.8, 4) is 0 Å². The molecule has 3 saturated heterocycles. The van der Waals surface area contributed by atoms with Crippen LogP contribution in [0.15, 0.2) is 83.6 Å². The van der Waals surface area contributed by atoms with Gasteiger partial charge in [-0.1, -0.05) is 60.7 Å². The van der Waals surface area contributed by atoms with Gasteiger partial charge in [-0.05, 0) is 69.7 Å². The van der Waals surface area contributed by atoms with E-state index in [1.165, 1.54) is 16.7 Å². The number of allylic oxidation sites excluding steroid dienone is 1. The fourth-order valence-corrected chi connectivity index (χ4v) is 8.13. The van der Waals surface area contributed by atoms with Gasteiger partial charge < -0.3 is 29.3 Å². The van der Waals surface area contributed by atoms with Crippen LogP contribution in [0.4, 0.5) is 9.59 Å². The second-order valence-corrected chi connectivity index (χ2v) is 15.0. The Labute approximate surface area is 302 Å². The highest BCUT2D eigenvalue weighted by atomic mass is 32.2. The van der Waals surface area contributed by atoms with Crippen molar-refractivity contribution in [2.24, 2.45) is 0 Å². The van der Waals surface area contributed by atoms with Crippen molar-refractivity contribution in [1.82, 2.24) is 20.0 Å². The fourth-order valence-electron chi connectivity index (χ4n) is 6.83. The SMILES string of the molecule is CCOC(=O)N1CCC(N2CC/C(=C\C3=C(C(=O)OC(c4ccccc4)c4ccccc4)N4C(=O)[C@@H](NC(=O)OC(C)(C)C)[C@H]4SC3)C2=O)CC1. The van der Waals surface area contributed by atoms with E-state index in [0.717, 1.165) is 11.1 Å².